The molecule has 1 aliphatic rings. The number of rotatable bonds is 6. The van der Waals surface area contributed by atoms with E-state index in [9.17, 15) is 8.42 Å². The lowest BCUT2D eigenvalue weighted by Crippen LogP contribution is -2.45. The molecule has 0 atom stereocenters. The lowest BCUT2D eigenvalue weighted by atomic mass is 10.1. The lowest BCUT2D eigenvalue weighted by Gasteiger charge is -2.31. The first-order chi connectivity index (χ1) is 9.53. The zero-order valence-corrected chi connectivity index (χ0v) is 13.1. The van der Waals surface area contributed by atoms with Crippen molar-refractivity contribution in [3.8, 4) is 0 Å². The quantitative estimate of drug-likeness (QED) is 0.840. The molecule has 6 nitrogen and oxygen atoms in total. The molecule has 0 spiro atoms. The van der Waals surface area contributed by atoms with Crippen LogP contribution in [0, 0.1) is 0 Å². The average molecular weight is 300 g/mol. The van der Waals surface area contributed by atoms with Crippen LogP contribution in [-0.4, -0.2) is 47.2 Å². The second-order valence-corrected chi connectivity index (χ2v) is 7.45. The second-order valence-electron chi connectivity index (χ2n) is 5.37. The molecule has 114 valence electrons. The van der Waals surface area contributed by atoms with Gasteiger partial charge in [-0.05, 0) is 19.3 Å². The summed E-state index contributed by atoms with van der Waals surface area (Å²) >= 11 is 0. The number of imidazole rings is 1. The Bertz CT molecular complexity index is 518. The van der Waals surface area contributed by atoms with Gasteiger partial charge in [0.2, 0.25) is 10.0 Å². The highest BCUT2D eigenvalue weighted by atomic mass is 32.2. The van der Waals surface area contributed by atoms with Crippen molar-refractivity contribution in [3.05, 3.63) is 18.2 Å². The largest absolute Gasteiger partial charge is 0.337 e. The SMILES string of the molecule is CCCS(=O)(=O)N1CCC(NCc2cncn2C)CC1. The fourth-order valence-corrected chi connectivity index (χ4v) is 4.07. The van der Waals surface area contributed by atoms with E-state index in [0.29, 0.717) is 25.6 Å². The van der Waals surface area contributed by atoms with Crippen molar-refractivity contribution in [3.63, 3.8) is 0 Å². The first kappa shape index (κ1) is 15.5. The molecule has 2 heterocycles. The molecule has 1 saturated heterocycles. The summed E-state index contributed by atoms with van der Waals surface area (Å²) in [5, 5.41) is 3.49. The summed E-state index contributed by atoms with van der Waals surface area (Å²) in [5.74, 6) is 0.264. The molecular formula is C13H24N4O2S. The molecule has 1 aromatic rings. The van der Waals surface area contributed by atoms with Gasteiger partial charge in [-0.2, -0.15) is 0 Å². The van der Waals surface area contributed by atoms with Crippen LogP contribution in [0.5, 0.6) is 0 Å². The minimum Gasteiger partial charge on any atom is -0.337 e. The van der Waals surface area contributed by atoms with Crippen molar-refractivity contribution < 1.29 is 8.42 Å². The van der Waals surface area contributed by atoms with Crippen LogP contribution in [0.25, 0.3) is 0 Å². The maximum Gasteiger partial charge on any atom is 0.214 e. The monoisotopic (exact) mass is 300 g/mol. The molecule has 0 aromatic carbocycles. The molecule has 0 unspecified atom stereocenters. The van der Waals surface area contributed by atoms with Gasteiger partial charge >= 0.3 is 0 Å². The third-order valence-electron chi connectivity index (χ3n) is 3.80. The highest BCUT2D eigenvalue weighted by Crippen LogP contribution is 2.15. The molecule has 0 amide bonds. The molecule has 0 bridgehead atoms. The molecule has 20 heavy (non-hydrogen) atoms. The molecule has 1 fully saturated rings. The number of piperidine rings is 1. The van der Waals surface area contributed by atoms with Gasteiger partial charge in [0.1, 0.15) is 0 Å². The van der Waals surface area contributed by atoms with Crippen LogP contribution in [0.1, 0.15) is 31.9 Å². The Morgan fingerprint density at radius 1 is 1.40 bits per heavy atom. The van der Waals surface area contributed by atoms with Crippen LogP contribution >= 0.6 is 0 Å². The lowest BCUT2D eigenvalue weighted by molar-refractivity contribution is 0.287. The van der Waals surface area contributed by atoms with Gasteiger partial charge in [-0.3, -0.25) is 0 Å². The average Bonchev–Trinajstić information content (AvgIpc) is 2.82. The van der Waals surface area contributed by atoms with Crippen molar-refractivity contribution in [2.45, 2.75) is 38.8 Å². The third kappa shape index (κ3) is 3.80. The molecular weight excluding hydrogens is 276 g/mol. The highest BCUT2D eigenvalue weighted by Gasteiger charge is 2.26. The van der Waals surface area contributed by atoms with Crippen molar-refractivity contribution in [1.29, 1.82) is 0 Å². The Morgan fingerprint density at radius 2 is 2.10 bits per heavy atom. The Balaban J connectivity index is 1.79. The maximum absolute atomic E-state index is 12.0. The normalized spacial score (nSPS) is 18.5. The van der Waals surface area contributed by atoms with Gasteiger partial charge in [-0.1, -0.05) is 6.92 Å². The fraction of sp³-hybridized carbons (Fsp3) is 0.769. The van der Waals surface area contributed by atoms with Gasteiger partial charge in [-0.25, -0.2) is 17.7 Å². The zero-order valence-electron chi connectivity index (χ0n) is 12.2. The zero-order chi connectivity index (χ0) is 14.6. The number of nitrogens with zero attached hydrogens (tertiary/aromatic N) is 3. The summed E-state index contributed by atoms with van der Waals surface area (Å²) in [5.41, 5.74) is 1.14. The van der Waals surface area contributed by atoms with E-state index < -0.39 is 10.0 Å². The van der Waals surface area contributed by atoms with E-state index in [1.54, 1.807) is 10.6 Å². The van der Waals surface area contributed by atoms with Crippen LogP contribution in [0.3, 0.4) is 0 Å². The number of hydrogen-bond acceptors (Lipinski definition) is 4. The van der Waals surface area contributed by atoms with E-state index in [2.05, 4.69) is 10.3 Å². The number of aryl methyl sites for hydroxylation is 1. The van der Waals surface area contributed by atoms with Crippen LogP contribution in [0.15, 0.2) is 12.5 Å². The molecule has 2 rings (SSSR count). The van der Waals surface area contributed by atoms with E-state index in [1.807, 2.05) is 24.7 Å². The van der Waals surface area contributed by atoms with Crippen LogP contribution in [0.4, 0.5) is 0 Å². The Labute approximate surface area is 121 Å². The van der Waals surface area contributed by atoms with E-state index in [-0.39, 0.29) is 5.75 Å². The minimum absolute atomic E-state index is 0.264. The highest BCUT2D eigenvalue weighted by molar-refractivity contribution is 7.89. The molecule has 1 aliphatic heterocycles. The second kappa shape index (κ2) is 6.69. The topological polar surface area (TPSA) is 67.2 Å². The maximum atomic E-state index is 12.0. The molecule has 1 N–H and O–H groups in total. The summed E-state index contributed by atoms with van der Waals surface area (Å²) in [7, 11) is -1.05. The summed E-state index contributed by atoms with van der Waals surface area (Å²) in [6.07, 6.45) is 6.08. The van der Waals surface area contributed by atoms with Gasteiger partial charge in [0.15, 0.2) is 0 Å². The van der Waals surface area contributed by atoms with E-state index in [4.69, 9.17) is 0 Å². The van der Waals surface area contributed by atoms with Gasteiger partial charge in [0.05, 0.1) is 17.8 Å². The third-order valence-corrected chi connectivity index (χ3v) is 5.87. The van der Waals surface area contributed by atoms with Gasteiger partial charge < -0.3 is 9.88 Å². The first-order valence-electron chi connectivity index (χ1n) is 7.19. The molecule has 1 aromatic heterocycles. The predicted octanol–water partition coefficient (Wildman–Crippen LogP) is 0.714. The minimum atomic E-state index is -3.03. The number of sulfonamides is 1. The first-order valence-corrected chi connectivity index (χ1v) is 8.80. The smallest absolute Gasteiger partial charge is 0.214 e. The van der Waals surface area contributed by atoms with Crippen LogP contribution < -0.4 is 5.32 Å². The fourth-order valence-electron chi connectivity index (χ4n) is 2.53. The summed E-state index contributed by atoms with van der Waals surface area (Å²) < 4.78 is 27.6. The van der Waals surface area contributed by atoms with Crippen LogP contribution in [-0.2, 0) is 23.6 Å². The summed E-state index contributed by atoms with van der Waals surface area (Å²) in [6.45, 7) is 3.94. The number of nitrogens with one attached hydrogen (secondary N) is 1. The van der Waals surface area contributed by atoms with E-state index >= 15 is 0 Å². The Morgan fingerprint density at radius 3 is 2.65 bits per heavy atom. The molecule has 0 radical (unpaired) electrons. The van der Waals surface area contributed by atoms with Gasteiger partial charge in [0, 0.05) is 38.9 Å². The van der Waals surface area contributed by atoms with E-state index in [0.717, 1.165) is 25.1 Å². The van der Waals surface area contributed by atoms with Crippen molar-refractivity contribution in [2.75, 3.05) is 18.8 Å². The van der Waals surface area contributed by atoms with Crippen LogP contribution in [0.2, 0.25) is 0 Å². The number of aromatic nitrogens is 2. The van der Waals surface area contributed by atoms with Gasteiger partial charge in [0.25, 0.3) is 0 Å². The molecule has 0 aliphatic carbocycles. The summed E-state index contributed by atoms with van der Waals surface area (Å²) in [4.78, 5) is 4.09. The Kier molecular flexibility index (Phi) is 5.17. The molecule has 7 heteroatoms. The van der Waals surface area contributed by atoms with Crippen molar-refractivity contribution >= 4 is 10.0 Å². The standard InChI is InChI=1S/C13H24N4O2S/c1-3-8-20(18,19)17-6-4-12(5-7-17)15-10-13-9-14-11-16(13)2/h9,11-12,15H,3-8,10H2,1-2H3. The predicted molar refractivity (Wildman–Crippen MR) is 78.7 cm³/mol. The summed E-state index contributed by atoms with van der Waals surface area (Å²) in [6, 6.07) is 0.387. The number of hydrogen-bond donors (Lipinski definition) is 1. The van der Waals surface area contributed by atoms with Gasteiger partial charge in [-0.15, -0.1) is 0 Å². The van der Waals surface area contributed by atoms with Crippen molar-refractivity contribution in [2.24, 2.45) is 7.05 Å². The molecule has 0 saturated carbocycles. The van der Waals surface area contributed by atoms with Crippen molar-refractivity contribution in [1.82, 2.24) is 19.2 Å². The Hall–Kier alpha value is -0.920. The van der Waals surface area contributed by atoms with E-state index in [1.165, 1.54) is 0 Å².